The van der Waals surface area contributed by atoms with Crippen molar-refractivity contribution in [1.82, 2.24) is 0 Å². The first-order chi connectivity index (χ1) is 12.7. The third-order valence-electron chi connectivity index (χ3n) is 6.52. The van der Waals surface area contributed by atoms with E-state index in [1.807, 2.05) is 0 Å². The van der Waals surface area contributed by atoms with Crippen molar-refractivity contribution in [1.29, 1.82) is 0 Å². The quantitative estimate of drug-likeness (QED) is 0.343. The summed E-state index contributed by atoms with van der Waals surface area (Å²) in [4.78, 5) is 22.0. The highest BCUT2D eigenvalue weighted by Gasteiger charge is 2.43. The molecule has 27 heavy (non-hydrogen) atoms. The first-order valence-corrected chi connectivity index (χ1v) is 11.9. The van der Waals surface area contributed by atoms with Gasteiger partial charge in [0.25, 0.3) is 0 Å². The number of unbranched alkanes of at least 4 members (excludes halogenated alkanes) is 2. The molecular weight excluding hydrogens is 364 g/mol. The summed E-state index contributed by atoms with van der Waals surface area (Å²) in [5.41, 5.74) is 0.0803. The third kappa shape index (κ3) is 6.30. The first kappa shape index (κ1) is 22.4. The fraction of sp³-hybridized carbons (Fsp3) is 0.905. The number of ether oxygens (including phenoxy) is 2. The van der Waals surface area contributed by atoms with Crippen molar-refractivity contribution in [2.24, 2.45) is 10.8 Å². The van der Waals surface area contributed by atoms with Crippen molar-refractivity contribution in [3.05, 3.63) is 0 Å². The van der Waals surface area contributed by atoms with Gasteiger partial charge in [-0.1, -0.05) is 40.5 Å². The van der Waals surface area contributed by atoms with Gasteiger partial charge in [0.15, 0.2) is 0 Å². The molecule has 0 amide bonds. The third-order valence-corrected chi connectivity index (χ3v) is 8.01. The Kier molecular flexibility index (Phi) is 7.90. The van der Waals surface area contributed by atoms with Gasteiger partial charge in [-0.15, -0.1) is 0 Å². The van der Waals surface area contributed by atoms with Crippen LogP contribution in [0.1, 0.15) is 85.5 Å². The summed E-state index contributed by atoms with van der Waals surface area (Å²) in [5, 5.41) is 0. The molecule has 0 spiro atoms. The zero-order valence-corrected chi connectivity index (χ0v) is 18.2. The van der Waals surface area contributed by atoms with Gasteiger partial charge in [-0.05, 0) is 32.1 Å². The maximum Gasteiger partial charge on any atom is 0.309 e. The molecule has 4 unspecified atom stereocenters. The summed E-state index contributed by atoms with van der Waals surface area (Å²) in [7, 11) is -0.758. The molecule has 0 N–H and O–H groups in total. The van der Waals surface area contributed by atoms with Crippen molar-refractivity contribution in [3.8, 4) is 0 Å². The predicted octanol–water partition coefficient (Wildman–Crippen LogP) is 4.15. The molecule has 2 aliphatic rings. The molecule has 5 nitrogen and oxygen atoms in total. The zero-order valence-electron chi connectivity index (χ0n) is 17.4. The summed E-state index contributed by atoms with van der Waals surface area (Å²) in [6.07, 6.45) is 8.20. The lowest BCUT2D eigenvalue weighted by Gasteiger charge is -2.41. The molecule has 0 bridgehead atoms. The van der Waals surface area contributed by atoms with E-state index < -0.39 is 10.8 Å². The van der Waals surface area contributed by atoms with Crippen molar-refractivity contribution in [2.75, 3.05) is 11.5 Å². The number of rotatable bonds is 13. The Labute approximate surface area is 166 Å². The van der Waals surface area contributed by atoms with Gasteiger partial charge in [0.1, 0.15) is 12.2 Å². The second-order valence-electron chi connectivity index (χ2n) is 9.12. The molecule has 0 aromatic rings. The fourth-order valence-electron chi connectivity index (χ4n) is 3.89. The molecule has 2 heterocycles. The molecule has 156 valence electrons. The van der Waals surface area contributed by atoms with Crippen molar-refractivity contribution >= 4 is 22.7 Å². The molecule has 4 atom stereocenters. The predicted molar refractivity (Wildman–Crippen MR) is 107 cm³/mol. The Bertz CT molecular complexity index is 543. The van der Waals surface area contributed by atoms with Gasteiger partial charge in [-0.2, -0.15) is 0 Å². The van der Waals surface area contributed by atoms with Crippen LogP contribution in [0.2, 0.25) is 0 Å². The van der Waals surface area contributed by atoms with Crippen LogP contribution < -0.4 is 0 Å². The molecule has 0 aromatic heterocycles. The van der Waals surface area contributed by atoms with Crippen molar-refractivity contribution in [2.45, 2.75) is 97.7 Å². The smallest absolute Gasteiger partial charge is 0.309 e. The second-order valence-corrected chi connectivity index (χ2v) is 10.8. The Morgan fingerprint density at radius 2 is 1.37 bits per heavy atom. The summed E-state index contributed by atoms with van der Waals surface area (Å²) in [6.45, 7) is 8.63. The maximum absolute atomic E-state index is 12.2. The Balaban J connectivity index is 1.53. The lowest BCUT2D eigenvalue weighted by Crippen LogP contribution is -2.45. The van der Waals surface area contributed by atoms with E-state index in [0.717, 1.165) is 56.5 Å². The molecule has 0 saturated carbocycles. The topological polar surface area (TPSA) is 69.7 Å². The van der Waals surface area contributed by atoms with E-state index in [-0.39, 0.29) is 35.0 Å². The van der Waals surface area contributed by atoms with E-state index in [4.69, 9.17) is 9.47 Å². The number of carbonyl (C=O) groups excluding carboxylic acids is 2. The van der Waals surface area contributed by atoms with Gasteiger partial charge in [-0.3, -0.25) is 13.8 Å². The van der Waals surface area contributed by atoms with Crippen LogP contribution in [-0.4, -0.2) is 39.9 Å². The van der Waals surface area contributed by atoms with Crippen LogP contribution in [-0.2, 0) is 29.9 Å². The molecular formula is C21H36O5S. The van der Waals surface area contributed by atoms with E-state index in [9.17, 15) is 13.8 Å². The lowest BCUT2D eigenvalue weighted by atomic mass is 9.74. The zero-order chi connectivity index (χ0) is 20.1. The van der Waals surface area contributed by atoms with E-state index in [0.29, 0.717) is 12.8 Å². The number of cyclic esters (lactones) is 2. The Hall–Kier alpha value is -0.910. The summed E-state index contributed by atoms with van der Waals surface area (Å²) in [5.74, 6) is 1.34. The van der Waals surface area contributed by atoms with Crippen LogP contribution in [0.25, 0.3) is 0 Å². The maximum atomic E-state index is 12.2. The second kappa shape index (κ2) is 9.53. The molecule has 2 saturated heterocycles. The van der Waals surface area contributed by atoms with Gasteiger partial charge in [-0.25, -0.2) is 0 Å². The molecule has 0 aromatic carbocycles. The Morgan fingerprint density at radius 1 is 0.889 bits per heavy atom. The van der Waals surface area contributed by atoms with E-state index in [1.165, 1.54) is 0 Å². The molecule has 2 fully saturated rings. The summed E-state index contributed by atoms with van der Waals surface area (Å²) in [6, 6.07) is 0. The average Bonchev–Trinajstić information content (AvgIpc) is 2.56. The number of carbonyl (C=O) groups is 2. The summed E-state index contributed by atoms with van der Waals surface area (Å²) < 4.78 is 22.7. The van der Waals surface area contributed by atoms with Crippen LogP contribution in [0.3, 0.4) is 0 Å². The van der Waals surface area contributed by atoms with Gasteiger partial charge in [0, 0.05) is 33.1 Å². The highest BCUT2D eigenvalue weighted by Crippen LogP contribution is 2.40. The normalized spacial score (nSPS) is 25.6. The monoisotopic (exact) mass is 400 g/mol. The van der Waals surface area contributed by atoms with Crippen LogP contribution in [0.15, 0.2) is 0 Å². The highest BCUT2D eigenvalue weighted by atomic mass is 32.2. The van der Waals surface area contributed by atoms with Crippen molar-refractivity contribution in [3.63, 3.8) is 0 Å². The SMILES string of the molecule is CCC(C)(CCCCS(=O)CCCCC(C)(C)C1CC(=O)O1)C1CC(=O)O1. The van der Waals surface area contributed by atoms with E-state index >= 15 is 0 Å². The minimum Gasteiger partial charge on any atom is -0.461 e. The minimum atomic E-state index is -0.758. The Morgan fingerprint density at radius 3 is 1.85 bits per heavy atom. The number of hydrogen-bond donors (Lipinski definition) is 0. The van der Waals surface area contributed by atoms with Crippen molar-refractivity contribution < 1.29 is 23.3 Å². The average molecular weight is 401 g/mol. The first-order valence-electron chi connectivity index (χ1n) is 10.4. The largest absolute Gasteiger partial charge is 0.461 e. The molecule has 2 aliphatic heterocycles. The lowest BCUT2D eigenvalue weighted by molar-refractivity contribution is -0.184. The summed E-state index contributed by atoms with van der Waals surface area (Å²) >= 11 is 0. The van der Waals surface area contributed by atoms with Gasteiger partial charge >= 0.3 is 11.9 Å². The molecule has 6 heteroatoms. The standard InChI is InChI=1S/C21H36O5S/c1-5-21(4,17-15-19(23)26-17)11-7-9-13-27(24)12-8-6-10-20(2,3)16-14-18(22)25-16/h16-17H,5-15H2,1-4H3. The number of hydrogen-bond acceptors (Lipinski definition) is 5. The molecule has 0 radical (unpaired) electrons. The number of esters is 2. The molecule has 2 rings (SSSR count). The fourth-order valence-corrected chi connectivity index (χ4v) is 5.15. The van der Waals surface area contributed by atoms with Gasteiger partial charge < -0.3 is 9.47 Å². The van der Waals surface area contributed by atoms with Crippen LogP contribution in [0, 0.1) is 10.8 Å². The molecule has 0 aliphatic carbocycles. The van der Waals surface area contributed by atoms with Crippen LogP contribution >= 0.6 is 0 Å². The minimum absolute atomic E-state index is 0.0188. The highest BCUT2D eigenvalue weighted by molar-refractivity contribution is 7.84. The van der Waals surface area contributed by atoms with E-state index in [1.54, 1.807) is 0 Å². The van der Waals surface area contributed by atoms with Crippen LogP contribution in [0.5, 0.6) is 0 Å². The van der Waals surface area contributed by atoms with Crippen LogP contribution in [0.4, 0.5) is 0 Å². The van der Waals surface area contributed by atoms with Gasteiger partial charge in [0.2, 0.25) is 0 Å². The van der Waals surface area contributed by atoms with E-state index in [2.05, 4.69) is 27.7 Å². The van der Waals surface area contributed by atoms with Gasteiger partial charge in [0.05, 0.1) is 12.8 Å².